The van der Waals surface area contributed by atoms with Crippen LogP contribution in [0.15, 0.2) is 18.2 Å². The number of rotatable bonds is 4. The van der Waals surface area contributed by atoms with Crippen molar-refractivity contribution in [1.29, 1.82) is 0 Å². The Morgan fingerprint density at radius 2 is 2.11 bits per heavy atom. The van der Waals surface area contributed by atoms with Gasteiger partial charge in [-0.15, -0.1) is 0 Å². The van der Waals surface area contributed by atoms with Gasteiger partial charge in [-0.2, -0.15) is 11.8 Å². The fourth-order valence-corrected chi connectivity index (χ4v) is 3.16. The van der Waals surface area contributed by atoms with E-state index in [0.29, 0.717) is 6.42 Å². The van der Waals surface area contributed by atoms with Crippen molar-refractivity contribution in [1.82, 2.24) is 0 Å². The van der Waals surface area contributed by atoms with E-state index in [-0.39, 0.29) is 11.9 Å². The molecule has 0 aromatic heterocycles. The Morgan fingerprint density at radius 3 is 2.78 bits per heavy atom. The van der Waals surface area contributed by atoms with Gasteiger partial charge in [0.15, 0.2) is 0 Å². The molecule has 1 heterocycles. The lowest BCUT2D eigenvalue weighted by molar-refractivity contribution is 0.577. The fraction of sp³-hybridized carbons (Fsp3) is 0.571. The Morgan fingerprint density at radius 1 is 1.39 bits per heavy atom. The van der Waals surface area contributed by atoms with Crippen molar-refractivity contribution in [2.45, 2.75) is 25.8 Å². The van der Waals surface area contributed by atoms with Crippen LogP contribution in [0.1, 0.15) is 18.9 Å². The number of nitrogens with two attached hydrogens (primary N) is 1. The molecule has 1 saturated heterocycles. The molecule has 0 bridgehead atoms. The topological polar surface area (TPSA) is 29.3 Å². The SMILES string of the molecule is CCC(N)Cc1c(F)cccc1N1CCSCC1. The van der Waals surface area contributed by atoms with E-state index in [1.807, 2.05) is 24.8 Å². The first-order valence-electron chi connectivity index (χ1n) is 6.58. The van der Waals surface area contributed by atoms with Gasteiger partial charge in [-0.25, -0.2) is 4.39 Å². The van der Waals surface area contributed by atoms with Crippen molar-refractivity contribution in [2.24, 2.45) is 5.73 Å². The van der Waals surface area contributed by atoms with Crippen molar-refractivity contribution < 1.29 is 4.39 Å². The van der Waals surface area contributed by atoms with Crippen LogP contribution in [0.4, 0.5) is 10.1 Å². The van der Waals surface area contributed by atoms with Crippen molar-refractivity contribution >= 4 is 17.4 Å². The summed E-state index contributed by atoms with van der Waals surface area (Å²) in [6.45, 7) is 4.05. The molecule has 2 rings (SSSR count). The van der Waals surface area contributed by atoms with Crippen LogP contribution < -0.4 is 10.6 Å². The van der Waals surface area contributed by atoms with Crippen LogP contribution in [0.25, 0.3) is 0 Å². The van der Waals surface area contributed by atoms with Crippen LogP contribution in [0.5, 0.6) is 0 Å². The molecule has 2 N–H and O–H groups in total. The Kier molecular flexibility index (Phi) is 4.89. The van der Waals surface area contributed by atoms with E-state index in [9.17, 15) is 4.39 Å². The first kappa shape index (κ1) is 13.7. The first-order valence-corrected chi connectivity index (χ1v) is 7.73. The highest BCUT2D eigenvalue weighted by Gasteiger charge is 2.18. The van der Waals surface area contributed by atoms with Crippen molar-refractivity contribution in [3.63, 3.8) is 0 Å². The van der Waals surface area contributed by atoms with E-state index < -0.39 is 0 Å². The standard InChI is InChI=1S/C14H21FN2S/c1-2-11(16)10-12-13(15)4-3-5-14(12)17-6-8-18-9-7-17/h3-5,11H,2,6-10,16H2,1H3. The molecule has 0 amide bonds. The second-order valence-corrected chi connectivity index (χ2v) is 5.93. The highest BCUT2D eigenvalue weighted by Crippen LogP contribution is 2.27. The lowest BCUT2D eigenvalue weighted by atomic mass is 10.0. The average Bonchev–Trinajstić information content (AvgIpc) is 2.42. The molecule has 0 aliphatic carbocycles. The highest BCUT2D eigenvalue weighted by molar-refractivity contribution is 7.99. The maximum Gasteiger partial charge on any atom is 0.128 e. The van der Waals surface area contributed by atoms with Gasteiger partial charge >= 0.3 is 0 Å². The van der Waals surface area contributed by atoms with Gasteiger partial charge in [0.2, 0.25) is 0 Å². The third-order valence-electron chi connectivity index (χ3n) is 3.44. The number of hydrogen-bond acceptors (Lipinski definition) is 3. The maximum absolute atomic E-state index is 14.0. The van der Waals surface area contributed by atoms with Gasteiger partial charge in [0, 0.05) is 41.9 Å². The number of halogens is 1. The largest absolute Gasteiger partial charge is 0.370 e. The average molecular weight is 268 g/mol. The number of thioether (sulfide) groups is 1. The molecule has 1 fully saturated rings. The molecule has 0 radical (unpaired) electrons. The summed E-state index contributed by atoms with van der Waals surface area (Å²) in [5, 5.41) is 0. The summed E-state index contributed by atoms with van der Waals surface area (Å²) in [6, 6.07) is 5.41. The molecule has 100 valence electrons. The quantitative estimate of drug-likeness (QED) is 0.910. The third-order valence-corrected chi connectivity index (χ3v) is 4.38. The Bertz CT molecular complexity index is 391. The van der Waals surface area contributed by atoms with Gasteiger partial charge < -0.3 is 10.6 Å². The molecule has 1 aromatic rings. The van der Waals surface area contributed by atoms with Crippen LogP contribution in [0, 0.1) is 5.82 Å². The number of hydrogen-bond donors (Lipinski definition) is 1. The van der Waals surface area contributed by atoms with E-state index in [2.05, 4.69) is 4.90 Å². The number of anilines is 1. The predicted octanol–water partition coefficient (Wildman–Crippen LogP) is 2.66. The minimum Gasteiger partial charge on any atom is -0.370 e. The zero-order valence-electron chi connectivity index (χ0n) is 10.9. The van der Waals surface area contributed by atoms with Crippen molar-refractivity contribution in [3.8, 4) is 0 Å². The second-order valence-electron chi connectivity index (χ2n) is 4.71. The highest BCUT2D eigenvalue weighted by atomic mass is 32.2. The van der Waals surface area contributed by atoms with Gasteiger partial charge in [0.05, 0.1) is 0 Å². The fourth-order valence-electron chi connectivity index (χ4n) is 2.26. The molecule has 18 heavy (non-hydrogen) atoms. The number of nitrogens with zero attached hydrogens (tertiary/aromatic N) is 1. The van der Waals surface area contributed by atoms with E-state index in [1.165, 1.54) is 0 Å². The summed E-state index contributed by atoms with van der Waals surface area (Å²) in [4.78, 5) is 2.29. The normalized spacial score (nSPS) is 17.8. The summed E-state index contributed by atoms with van der Waals surface area (Å²) >= 11 is 1.96. The lowest BCUT2D eigenvalue weighted by Gasteiger charge is -2.31. The molecule has 0 spiro atoms. The first-order chi connectivity index (χ1) is 8.72. The van der Waals surface area contributed by atoms with Gasteiger partial charge in [0.1, 0.15) is 5.82 Å². The summed E-state index contributed by atoms with van der Waals surface area (Å²) in [5.74, 6) is 2.13. The lowest BCUT2D eigenvalue weighted by Crippen LogP contribution is -2.34. The van der Waals surface area contributed by atoms with Gasteiger partial charge in [0.25, 0.3) is 0 Å². The van der Waals surface area contributed by atoms with E-state index >= 15 is 0 Å². The monoisotopic (exact) mass is 268 g/mol. The summed E-state index contributed by atoms with van der Waals surface area (Å²) in [6.07, 6.45) is 1.51. The van der Waals surface area contributed by atoms with Crippen LogP contribution in [-0.4, -0.2) is 30.6 Å². The molecule has 1 aliphatic rings. The summed E-state index contributed by atoms with van der Waals surface area (Å²) < 4.78 is 14.0. The molecule has 1 aromatic carbocycles. The van der Waals surface area contributed by atoms with E-state index in [1.54, 1.807) is 12.1 Å². The smallest absolute Gasteiger partial charge is 0.128 e. The van der Waals surface area contributed by atoms with Crippen LogP contribution in [-0.2, 0) is 6.42 Å². The van der Waals surface area contributed by atoms with Crippen LogP contribution in [0.3, 0.4) is 0 Å². The van der Waals surface area contributed by atoms with Crippen molar-refractivity contribution in [3.05, 3.63) is 29.6 Å². The molecule has 4 heteroatoms. The van der Waals surface area contributed by atoms with E-state index in [4.69, 9.17) is 5.73 Å². The van der Waals surface area contributed by atoms with Crippen LogP contribution >= 0.6 is 11.8 Å². The molecule has 1 atom stereocenters. The molecule has 1 aliphatic heterocycles. The molecular formula is C14H21FN2S. The Hall–Kier alpha value is -0.740. The molecule has 1 unspecified atom stereocenters. The predicted molar refractivity (Wildman–Crippen MR) is 77.9 cm³/mol. The summed E-state index contributed by atoms with van der Waals surface area (Å²) in [7, 11) is 0. The molecule has 0 saturated carbocycles. The van der Waals surface area contributed by atoms with Gasteiger partial charge in [-0.3, -0.25) is 0 Å². The van der Waals surface area contributed by atoms with Crippen molar-refractivity contribution in [2.75, 3.05) is 29.5 Å². The second kappa shape index (κ2) is 6.43. The zero-order valence-corrected chi connectivity index (χ0v) is 11.7. The van der Waals surface area contributed by atoms with Gasteiger partial charge in [-0.1, -0.05) is 13.0 Å². The minimum absolute atomic E-state index is 0.0415. The Balaban J connectivity index is 2.24. The molecular weight excluding hydrogens is 247 g/mol. The number of benzene rings is 1. The summed E-state index contributed by atoms with van der Waals surface area (Å²) in [5.41, 5.74) is 7.81. The van der Waals surface area contributed by atoms with Gasteiger partial charge in [-0.05, 0) is 25.0 Å². The molecule has 2 nitrogen and oxygen atoms in total. The maximum atomic E-state index is 14.0. The third kappa shape index (κ3) is 3.18. The van der Waals surface area contributed by atoms with E-state index in [0.717, 1.165) is 42.3 Å². The Labute approximate surface area is 113 Å². The zero-order chi connectivity index (χ0) is 13.0. The van der Waals surface area contributed by atoms with Crippen LogP contribution in [0.2, 0.25) is 0 Å². The minimum atomic E-state index is -0.116.